The normalized spacial score (nSPS) is 15.1. The topological polar surface area (TPSA) is 102 Å². The van der Waals surface area contributed by atoms with Crippen LogP contribution in [0.4, 0.5) is 0 Å². The summed E-state index contributed by atoms with van der Waals surface area (Å²) in [6.07, 6.45) is 0.190. The molecule has 0 bridgehead atoms. The molecule has 1 aromatic carbocycles. The molecule has 1 aromatic rings. The first-order valence-electron chi connectivity index (χ1n) is 6.61. The maximum absolute atomic E-state index is 10.7. The van der Waals surface area contributed by atoms with Gasteiger partial charge in [-0.05, 0) is 18.1 Å². The van der Waals surface area contributed by atoms with Crippen LogP contribution in [0.3, 0.4) is 0 Å². The molecular formula is C13H20BNO5. The molecule has 0 amide bonds. The molecule has 6 nitrogen and oxygen atoms in total. The number of fused-ring (bicyclic) bond motifs is 1. The molecule has 110 valence electrons. The van der Waals surface area contributed by atoms with Crippen LogP contribution in [0, 0.1) is 0 Å². The minimum atomic E-state index is -1.06. The zero-order chi connectivity index (χ0) is 15.1. The van der Waals surface area contributed by atoms with E-state index in [4.69, 9.17) is 20.2 Å². The number of aliphatic carboxylic acids is 1. The van der Waals surface area contributed by atoms with Crippen molar-refractivity contribution in [2.45, 2.75) is 26.3 Å². The highest BCUT2D eigenvalue weighted by Gasteiger charge is 2.25. The van der Waals surface area contributed by atoms with Crippen LogP contribution in [0.1, 0.15) is 19.4 Å². The lowest BCUT2D eigenvalue weighted by Crippen LogP contribution is -2.35. The zero-order valence-corrected chi connectivity index (χ0v) is 11.7. The lowest BCUT2D eigenvalue weighted by molar-refractivity contribution is -0.138. The van der Waals surface area contributed by atoms with Gasteiger partial charge in [0.1, 0.15) is 18.4 Å². The number of ether oxygens (including phenoxy) is 1. The van der Waals surface area contributed by atoms with E-state index in [1.165, 1.54) is 0 Å². The monoisotopic (exact) mass is 281 g/mol. The predicted octanol–water partition coefficient (Wildman–Crippen LogP) is -0.236. The number of hydrogen-bond acceptors (Lipinski definition) is 5. The molecule has 0 aromatic heterocycles. The van der Waals surface area contributed by atoms with E-state index in [1.807, 2.05) is 13.8 Å². The molecule has 7 heteroatoms. The second-order valence-corrected chi connectivity index (χ2v) is 4.09. The standard InChI is InChI=1S/C11H14BNO5.C2H6/c13-9(11(14)15)6-7-1-2-10-8(5-7)12(16)18-4-3-17-10;1-2/h1-2,5,9,16H,3-4,6,13H2,(H,14,15);1-2H3. The van der Waals surface area contributed by atoms with Gasteiger partial charge in [-0.1, -0.05) is 26.0 Å². The lowest BCUT2D eigenvalue weighted by Gasteiger charge is -2.11. The average Bonchev–Trinajstić information content (AvgIpc) is 2.63. The van der Waals surface area contributed by atoms with Gasteiger partial charge in [-0.2, -0.15) is 0 Å². The molecule has 0 saturated heterocycles. The molecule has 2 rings (SSSR count). The van der Waals surface area contributed by atoms with Gasteiger partial charge in [0.2, 0.25) is 0 Å². The van der Waals surface area contributed by atoms with Gasteiger partial charge in [0.15, 0.2) is 0 Å². The van der Waals surface area contributed by atoms with Crippen LogP contribution in [0.25, 0.3) is 0 Å². The number of carboxylic acid groups (broad SMARTS) is 1. The van der Waals surface area contributed by atoms with Crippen LogP contribution in [0.5, 0.6) is 5.75 Å². The Morgan fingerprint density at radius 3 is 2.80 bits per heavy atom. The van der Waals surface area contributed by atoms with Gasteiger partial charge in [-0.25, -0.2) is 0 Å². The molecule has 20 heavy (non-hydrogen) atoms. The number of carbonyl (C=O) groups is 1. The highest BCUT2D eigenvalue weighted by atomic mass is 16.6. The van der Waals surface area contributed by atoms with E-state index >= 15 is 0 Å². The van der Waals surface area contributed by atoms with E-state index in [9.17, 15) is 9.82 Å². The van der Waals surface area contributed by atoms with Crippen molar-refractivity contribution >= 4 is 18.6 Å². The molecule has 1 atom stereocenters. The Bertz CT molecular complexity index is 454. The number of benzene rings is 1. The summed E-state index contributed by atoms with van der Waals surface area (Å²) in [7, 11) is -1.05. The van der Waals surface area contributed by atoms with E-state index in [2.05, 4.69) is 0 Å². The van der Waals surface area contributed by atoms with Crippen molar-refractivity contribution in [3.8, 4) is 5.75 Å². The fourth-order valence-corrected chi connectivity index (χ4v) is 1.79. The molecule has 0 saturated carbocycles. The molecule has 1 unspecified atom stereocenters. The van der Waals surface area contributed by atoms with Gasteiger partial charge >= 0.3 is 13.1 Å². The lowest BCUT2D eigenvalue weighted by atomic mass is 9.77. The van der Waals surface area contributed by atoms with Crippen LogP contribution in [0.2, 0.25) is 0 Å². The van der Waals surface area contributed by atoms with Gasteiger partial charge in [0, 0.05) is 5.46 Å². The number of carboxylic acids is 1. The Hall–Kier alpha value is -1.57. The smallest absolute Gasteiger partial charge is 0.492 e. The van der Waals surface area contributed by atoms with Crippen LogP contribution in [0.15, 0.2) is 18.2 Å². The minimum absolute atomic E-state index is 0.190. The SMILES string of the molecule is CC.NC(Cc1ccc2c(c1)B(O)OCCO2)C(=O)O. The highest BCUT2D eigenvalue weighted by Crippen LogP contribution is 2.14. The van der Waals surface area contributed by atoms with Gasteiger partial charge in [-0.3, -0.25) is 4.79 Å². The molecule has 0 aliphatic carbocycles. The number of hydrogen-bond donors (Lipinski definition) is 3. The van der Waals surface area contributed by atoms with Crippen LogP contribution < -0.4 is 15.9 Å². The highest BCUT2D eigenvalue weighted by molar-refractivity contribution is 6.61. The molecule has 0 fully saturated rings. The summed E-state index contributed by atoms with van der Waals surface area (Å²) in [5.41, 5.74) is 6.69. The maximum atomic E-state index is 10.7. The predicted molar refractivity (Wildman–Crippen MR) is 76.2 cm³/mol. The third-order valence-electron chi connectivity index (χ3n) is 2.73. The summed E-state index contributed by atoms with van der Waals surface area (Å²) in [5.74, 6) is -0.509. The third kappa shape index (κ3) is 4.23. The average molecular weight is 281 g/mol. The zero-order valence-electron chi connectivity index (χ0n) is 11.7. The van der Waals surface area contributed by atoms with E-state index in [0.717, 1.165) is 5.56 Å². The fraction of sp³-hybridized carbons (Fsp3) is 0.462. The van der Waals surface area contributed by atoms with E-state index in [1.54, 1.807) is 18.2 Å². The first-order chi connectivity index (χ1) is 9.58. The molecule has 4 N–H and O–H groups in total. The number of rotatable bonds is 3. The molecule has 1 aliphatic rings. The van der Waals surface area contributed by atoms with Crippen LogP contribution >= 0.6 is 0 Å². The summed E-state index contributed by atoms with van der Waals surface area (Å²) in [4.78, 5) is 10.7. The summed E-state index contributed by atoms with van der Waals surface area (Å²) in [6.45, 7) is 4.68. The Kier molecular flexibility index (Phi) is 6.50. The minimum Gasteiger partial charge on any atom is -0.492 e. The van der Waals surface area contributed by atoms with Crippen molar-refractivity contribution in [3.63, 3.8) is 0 Å². The van der Waals surface area contributed by atoms with Crippen molar-refractivity contribution in [1.29, 1.82) is 0 Å². The first kappa shape index (κ1) is 16.5. The van der Waals surface area contributed by atoms with Crippen molar-refractivity contribution < 1.29 is 24.3 Å². The molecule has 0 radical (unpaired) electrons. The van der Waals surface area contributed by atoms with Crippen LogP contribution in [-0.2, 0) is 15.9 Å². The van der Waals surface area contributed by atoms with Gasteiger partial charge in [-0.15, -0.1) is 0 Å². The molecule has 1 heterocycles. The first-order valence-corrected chi connectivity index (χ1v) is 6.61. The Morgan fingerprint density at radius 2 is 2.15 bits per heavy atom. The Morgan fingerprint density at radius 1 is 1.45 bits per heavy atom. The Balaban J connectivity index is 0.000000956. The van der Waals surface area contributed by atoms with Gasteiger partial charge < -0.3 is 25.3 Å². The number of nitrogens with two attached hydrogens (primary N) is 1. The fourth-order valence-electron chi connectivity index (χ4n) is 1.79. The molecular weight excluding hydrogens is 261 g/mol. The van der Waals surface area contributed by atoms with Crippen molar-refractivity contribution in [2.75, 3.05) is 13.2 Å². The third-order valence-corrected chi connectivity index (χ3v) is 2.73. The quantitative estimate of drug-likeness (QED) is 0.661. The summed E-state index contributed by atoms with van der Waals surface area (Å²) >= 11 is 0. The molecule has 1 aliphatic heterocycles. The second kappa shape index (κ2) is 7.89. The van der Waals surface area contributed by atoms with Crippen molar-refractivity contribution in [2.24, 2.45) is 5.73 Å². The summed E-state index contributed by atoms with van der Waals surface area (Å²) in [5, 5.41) is 18.5. The van der Waals surface area contributed by atoms with Crippen molar-refractivity contribution in [1.82, 2.24) is 0 Å². The summed E-state index contributed by atoms with van der Waals surface area (Å²) < 4.78 is 10.5. The summed E-state index contributed by atoms with van der Waals surface area (Å²) in [6, 6.07) is 4.12. The van der Waals surface area contributed by atoms with E-state index in [0.29, 0.717) is 24.4 Å². The maximum Gasteiger partial charge on any atom is 0.495 e. The molecule has 0 spiro atoms. The van der Waals surface area contributed by atoms with Gasteiger partial charge in [0.25, 0.3) is 0 Å². The van der Waals surface area contributed by atoms with Crippen LogP contribution in [-0.4, -0.2) is 42.5 Å². The second-order valence-electron chi connectivity index (χ2n) is 4.09. The van der Waals surface area contributed by atoms with Gasteiger partial charge in [0.05, 0.1) is 6.61 Å². The largest absolute Gasteiger partial charge is 0.495 e. The van der Waals surface area contributed by atoms with Crippen molar-refractivity contribution in [3.05, 3.63) is 23.8 Å². The Labute approximate surface area is 118 Å². The van der Waals surface area contributed by atoms with E-state index < -0.39 is 19.1 Å². The van der Waals surface area contributed by atoms with E-state index in [-0.39, 0.29) is 6.42 Å².